The van der Waals surface area contributed by atoms with Crippen LogP contribution in [0.15, 0.2) is 67.0 Å². The molecule has 1 amide bonds. The highest BCUT2D eigenvalue weighted by Crippen LogP contribution is 2.28. The minimum Gasteiger partial charge on any atom is -0.352 e. The van der Waals surface area contributed by atoms with Gasteiger partial charge in [-0.15, -0.1) is 0 Å². The van der Waals surface area contributed by atoms with Gasteiger partial charge in [0.1, 0.15) is 0 Å². The van der Waals surface area contributed by atoms with Crippen molar-refractivity contribution in [3.8, 4) is 6.07 Å². The van der Waals surface area contributed by atoms with Gasteiger partial charge in [0.2, 0.25) is 0 Å². The molecule has 2 heterocycles. The van der Waals surface area contributed by atoms with Crippen molar-refractivity contribution in [2.75, 3.05) is 10.6 Å². The molecule has 0 saturated heterocycles. The molecule has 32 heavy (non-hydrogen) atoms. The van der Waals surface area contributed by atoms with Gasteiger partial charge in [-0.2, -0.15) is 10.4 Å². The fourth-order valence-corrected chi connectivity index (χ4v) is 3.73. The Kier molecular flexibility index (Phi) is 5.69. The summed E-state index contributed by atoms with van der Waals surface area (Å²) in [6.07, 6.45) is 4.83. The zero-order chi connectivity index (χ0) is 22.7. The van der Waals surface area contributed by atoms with Crippen LogP contribution in [0.4, 0.5) is 17.1 Å². The molecule has 0 radical (unpaired) electrons. The quantitative estimate of drug-likeness (QED) is 0.365. The van der Waals surface area contributed by atoms with Gasteiger partial charge in [0.25, 0.3) is 5.91 Å². The van der Waals surface area contributed by atoms with Crippen molar-refractivity contribution in [3.63, 3.8) is 0 Å². The largest absolute Gasteiger partial charge is 0.352 e. The van der Waals surface area contributed by atoms with Crippen molar-refractivity contribution in [1.82, 2.24) is 9.61 Å². The summed E-state index contributed by atoms with van der Waals surface area (Å²) in [5.41, 5.74) is 5.33. The second-order valence-corrected chi connectivity index (χ2v) is 7.65. The first-order chi connectivity index (χ1) is 15.5. The number of hydrogen-bond acceptors (Lipinski definition) is 5. The smallest absolute Gasteiger partial charge is 0.255 e. The van der Waals surface area contributed by atoms with Crippen molar-refractivity contribution in [2.45, 2.75) is 19.8 Å². The number of rotatable bonds is 6. The number of hydrogen-bond donors (Lipinski definition) is 3. The van der Waals surface area contributed by atoms with Gasteiger partial charge in [0, 0.05) is 34.9 Å². The number of fused-ring (bicyclic) bond motifs is 1. The predicted molar refractivity (Wildman–Crippen MR) is 126 cm³/mol. The minimum atomic E-state index is -0.282. The minimum absolute atomic E-state index is 0.0275. The Hall–Kier alpha value is -4.44. The average molecular weight is 422 g/mol. The number of carbonyl (C=O) groups is 1. The van der Waals surface area contributed by atoms with Crippen LogP contribution in [0, 0.1) is 16.7 Å². The number of anilines is 3. The molecule has 0 unspecified atom stereocenters. The third-order valence-electron chi connectivity index (χ3n) is 5.21. The molecule has 2 aromatic carbocycles. The van der Waals surface area contributed by atoms with Crippen molar-refractivity contribution in [2.24, 2.45) is 0 Å². The summed E-state index contributed by atoms with van der Waals surface area (Å²) in [6, 6.07) is 18.4. The van der Waals surface area contributed by atoms with Gasteiger partial charge in [-0.1, -0.05) is 26.0 Å². The summed E-state index contributed by atoms with van der Waals surface area (Å²) in [6.45, 7) is 3.92. The van der Waals surface area contributed by atoms with Crippen LogP contribution < -0.4 is 10.6 Å². The van der Waals surface area contributed by atoms with Gasteiger partial charge >= 0.3 is 0 Å². The molecular formula is C25H22N6O. The van der Waals surface area contributed by atoms with E-state index in [-0.39, 0.29) is 11.8 Å². The molecule has 0 aliphatic heterocycles. The molecule has 0 aliphatic carbocycles. The summed E-state index contributed by atoms with van der Waals surface area (Å²) in [7, 11) is 0. The molecule has 4 aromatic rings. The topological polar surface area (TPSA) is 106 Å². The van der Waals surface area contributed by atoms with E-state index in [2.05, 4.69) is 21.8 Å². The number of pyridine rings is 1. The van der Waals surface area contributed by atoms with Crippen molar-refractivity contribution >= 4 is 34.7 Å². The number of nitrogens with one attached hydrogen (secondary N) is 3. The third kappa shape index (κ3) is 3.94. The van der Waals surface area contributed by atoms with Gasteiger partial charge in [-0.25, -0.2) is 4.52 Å². The molecule has 0 atom stereocenters. The molecule has 0 spiro atoms. The Morgan fingerprint density at radius 3 is 2.75 bits per heavy atom. The lowest BCUT2D eigenvalue weighted by molar-refractivity contribution is 0.102. The lowest BCUT2D eigenvalue weighted by atomic mass is 9.92. The van der Waals surface area contributed by atoms with Crippen LogP contribution in [0.2, 0.25) is 0 Å². The summed E-state index contributed by atoms with van der Waals surface area (Å²) < 4.78 is 1.76. The summed E-state index contributed by atoms with van der Waals surface area (Å²) in [4.78, 5) is 13.1. The van der Waals surface area contributed by atoms with E-state index in [1.807, 2.05) is 38.2 Å². The first-order valence-electron chi connectivity index (χ1n) is 10.2. The Morgan fingerprint density at radius 2 is 2.00 bits per heavy atom. The van der Waals surface area contributed by atoms with E-state index in [9.17, 15) is 10.1 Å². The number of carbonyl (C=O) groups excluding carboxylic acids is 1. The van der Waals surface area contributed by atoms with Gasteiger partial charge in [-0.05, 0) is 53.9 Å². The molecule has 7 heteroatoms. The van der Waals surface area contributed by atoms with Crippen LogP contribution in [0.1, 0.15) is 46.8 Å². The molecule has 0 fully saturated rings. The maximum atomic E-state index is 13.1. The Morgan fingerprint density at radius 1 is 1.16 bits per heavy atom. The lowest BCUT2D eigenvalue weighted by Crippen LogP contribution is -2.16. The lowest BCUT2D eigenvalue weighted by Gasteiger charge is -2.15. The highest BCUT2D eigenvalue weighted by atomic mass is 16.1. The normalized spacial score (nSPS) is 10.7. The third-order valence-corrected chi connectivity index (χ3v) is 5.21. The number of nitrogens with zero attached hydrogens (tertiary/aromatic N) is 3. The van der Waals surface area contributed by atoms with Crippen LogP contribution in [-0.4, -0.2) is 21.7 Å². The van der Waals surface area contributed by atoms with E-state index in [1.165, 1.54) is 6.21 Å². The van der Waals surface area contributed by atoms with Crippen LogP contribution in [-0.2, 0) is 0 Å². The molecule has 0 aliphatic rings. The first-order valence-corrected chi connectivity index (χ1v) is 10.2. The van der Waals surface area contributed by atoms with Crippen LogP contribution in [0.5, 0.6) is 0 Å². The highest BCUT2D eigenvalue weighted by Gasteiger charge is 2.18. The van der Waals surface area contributed by atoms with E-state index < -0.39 is 0 Å². The Labute approximate surface area is 185 Å². The molecule has 0 saturated carbocycles. The van der Waals surface area contributed by atoms with Crippen LogP contribution >= 0.6 is 0 Å². The number of amides is 1. The van der Waals surface area contributed by atoms with Gasteiger partial charge in [-0.3, -0.25) is 4.79 Å². The molecular weight excluding hydrogens is 400 g/mol. The van der Waals surface area contributed by atoms with Gasteiger partial charge < -0.3 is 16.0 Å². The Bertz CT molecular complexity index is 1360. The predicted octanol–water partition coefficient (Wildman–Crippen LogP) is 5.32. The fraction of sp³-hybridized carbons (Fsp3) is 0.120. The Balaban J connectivity index is 1.66. The van der Waals surface area contributed by atoms with Gasteiger partial charge in [0.05, 0.1) is 29.0 Å². The van der Waals surface area contributed by atoms with Crippen LogP contribution in [0.25, 0.3) is 5.52 Å². The maximum absolute atomic E-state index is 13.1. The first kappa shape index (κ1) is 20.8. The monoisotopic (exact) mass is 422 g/mol. The second kappa shape index (κ2) is 8.74. The van der Waals surface area contributed by atoms with E-state index in [0.717, 1.165) is 16.8 Å². The number of benzene rings is 2. The van der Waals surface area contributed by atoms with Crippen molar-refractivity contribution < 1.29 is 4.79 Å². The summed E-state index contributed by atoms with van der Waals surface area (Å²) in [5, 5.41) is 27.7. The summed E-state index contributed by atoms with van der Waals surface area (Å²) >= 11 is 0. The molecule has 2 aromatic heterocycles. The maximum Gasteiger partial charge on any atom is 0.255 e. The van der Waals surface area contributed by atoms with E-state index in [1.54, 1.807) is 47.1 Å². The summed E-state index contributed by atoms with van der Waals surface area (Å²) in [5.74, 6) is -0.255. The average Bonchev–Trinajstić information content (AvgIpc) is 3.21. The zero-order valence-electron chi connectivity index (χ0n) is 17.8. The molecule has 0 bridgehead atoms. The van der Waals surface area contributed by atoms with Crippen molar-refractivity contribution in [1.29, 1.82) is 10.7 Å². The molecule has 4 rings (SSSR count). The zero-order valence-corrected chi connectivity index (χ0v) is 17.8. The highest BCUT2D eigenvalue weighted by molar-refractivity contribution is 6.06. The van der Waals surface area contributed by atoms with Crippen molar-refractivity contribution in [3.05, 3.63) is 89.2 Å². The molecule has 7 nitrogen and oxygen atoms in total. The van der Waals surface area contributed by atoms with E-state index in [4.69, 9.17) is 5.41 Å². The van der Waals surface area contributed by atoms with Crippen LogP contribution in [0.3, 0.4) is 0 Å². The van der Waals surface area contributed by atoms with Gasteiger partial charge in [0.15, 0.2) is 0 Å². The standard InChI is InChI=1S/C25H22N6O/c1-16(2)24-18(14-27)6-5-7-20(24)25(32)29-19-10-9-17(13-26)21(12-19)30-22-15-28-31-11-4-3-8-23(22)31/h3-13,15-16,26,30H,1-2H3,(H,29,32). The number of aromatic nitrogens is 2. The van der Waals surface area contributed by atoms with E-state index in [0.29, 0.717) is 28.1 Å². The SMILES string of the molecule is CC(C)c1c(C#N)cccc1C(=O)Nc1ccc(C=N)c(Nc2cnn3ccccc23)c1. The van der Waals surface area contributed by atoms with E-state index >= 15 is 0 Å². The molecule has 158 valence electrons. The second-order valence-electron chi connectivity index (χ2n) is 7.65. The fourth-order valence-electron chi connectivity index (χ4n) is 3.73. The molecule has 3 N–H and O–H groups in total. The number of nitriles is 1.